The monoisotopic (exact) mass is 398 g/mol. The number of pyridine rings is 1. The quantitative estimate of drug-likeness (QED) is 0.729. The molecule has 3 heterocycles. The summed E-state index contributed by atoms with van der Waals surface area (Å²) in [6, 6.07) is 4.91. The molecule has 1 aliphatic heterocycles. The number of halogens is 2. The van der Waals surface area contributed by atoms with Crippen LogP contribution in [0.4, 0.5) is 8.78 Å². The fourth-order valence-electron chi connectivity index (χ4n) is 3.83. The second kappa shape index (κ2) is 7.32. The molecule has 1 aromatic carbocycles. The molecule has 7 nitrogen and oxygen atoms in total. The number of carbonyl (C=O) groups excluding carboxylic acids is 1. The van der Waals surface area contributed by atoms with Crippen LogP contribution in [0.5, 0.6) is 0 Å². The number of rotatable bonds is 4. The van der Waals surface area contributed by atoms with E-state index in [0.717, 1.165) is 17.3 Å². The highest BCUT2D eigenvalue weighted by molar-refractivity contribution is 5.92. The average Bonchev–Trinajstić information content (AvgIpc) is 3.12. The number of aryl methyl sites for hydroxylation is 1. The molecule has 0 fully saturated rings. The number of aromatic nitrogens is 4. The summed E-state index contributed by atoms with van der Waals surface area (Å²) in [5.41, 5.74) is 8.71. The summed E-state index contributed by atoms with van der Waals surface area (Å²) in [6.07, 6.45) is 2.32. The van der Waals surface area contributed by atoms with Crippen LogP contribution in [-0.4, -0.2) is 37.3 Å². The summed E-state index contributed by atoms with van der Waals surface area (Å²) in [5.74, 6) is -2.04. The maximum atomic E-state index is 14.5. The van der Waals surface area contributed by atoms with Gasteiger partial charge in [0.15, 0.2) is 0 Å². The predicted octanol–water partition coefficient (Wildman–Crippen LogP) is 2.37. The average molecular weight is 398 g/mol. The summed E-state index contributed by atoms with van der Waals surface area (Å²) >= 11 is 0. The van der Waals surface area contributed by atoms with Crippen LogP contribution >= 0.6 is 0 Å². The fourth-order valence-corrected chi connectivity index (χ4v) is 3.83. The fraction of sp³-hybridized carbons (Fsp3) is 0.300. The zero-order valence-corrected chi connectivity index (χ0v) is 16.1. The molecule has 1 atom stereocenters. The molecule has 0 saturated carbocycles. The molecule has 0 unspecified atom stereocenters. The number of nitrogens with zero attached hydrogens (tertiary/aromatic N) is 5. The smallest absolute Gasteiger partial charge is 0.267 e. The Balaban J connectivity index is 1.77. The van der Waals surface area contributed by atoms with E-state index in [-0.39, 0.29) is 17.3 Å². The zero-order chi connectivity index (χ0) is 20.7. The molecule has 1 amide bonds. The van der Waals surface area contributed by atoms with Crippen molar-refractivity contribution in [2.24, 2.45) is 12.8 Å². The summed E-state index contributed by atoms with van der Waals surface area (Å²) in [6.45, 7) is 3.20. The van der Waals surface area contributed by atoms with E-state index < -0.39 is 17.5 Å². The first-order valence-electron chi connectivity index (χ1n) is 9.21. The number of hydrogen-bond acceptors (Lipinski definition) is 5. The third kappa shape index (κ3) is 3.49. The van der Waals surface area contributed by atoms with Gasteiger partial charge in [0.1, 0.15) is 17.3 Å². The van der Waals surface area contributed by atoms with Crippen molar-refractivity contribution in [3.8, 4) is 11.1 Å². The molecule has 0 spiro atoms. The standard InChI is InChI=1S/C20H20F2N6O/c1-11(19-9-24-26-27(19)2)28-6-5-14-15(13-4-3-12(21)7-16(13)22)8-17(20(23)29)25-18(14)10-28/h3-4,7-9,11H,5-6,10H2,1-2H3,(H2,23,29)/t11-/m1/s1. The predicted molar refractivity (Wildman–Crippen MR) is 102 cm³/mol. The summed E-state index contributed by atoms with van der Waals surface area (Å²) < 4.78 is 29.6. The van der Waals surface area contributed by atoms with Crippen LogP contribution in [0, 0.1) is 11.6 Å². The highest BCUT2D eigenvalue weighted by Gasteiger charge is 2.28. The van der Waals surface area contributed by atoms with Gasteiger partial charge < -0.3 is 5.73 Å². The van der Waals surface area contributed by atoms with Gasteiger partial charge in [-0.2, -0.15) is 0 Å². The molecular formula is C20H20F2N6O. The van der Waals surface area contributed by atoms with E-state index in [0.29, 0.717) is 30.8 Å². The van der Waals surface area contributed by atoms with Gasteiger partial charge in [-0.05, 0) is 42.7 Å². The number of benzene rings is 1. The van der Waals surface area contributed by atoms with Gasteiger partial charge in [0, 0.05) is 31.8 Å². The Morgan fingerprint density at radius 3 is 2.69 bits per heavy atom. The molecule has 0 bridgehead atoms. The van der Waals surface area contributed by atoms with Gasteiger partial charge in [-0.1, -0.05) is 5.21 Å². The van der Waals surface area contributed by atoms with Crippen LogP contribution in [0.15, 0.2) is 30.5 Å². The first-order valence-corrected chi connectivity index (χ1v) is 9.21. The van der Waals surface area contributed by atoms with Gasteiger partial charge in [0.25, 0.3) is 5.91 Å². The van der Waals surface area contributed by atoms with Crippen molar-refractivity contribution >= 4 is 5.91 Å². The minimum atomic E-state index is -0.697. The van der Waals surface area contributed by atoms with E-state index in [4.69, 9.17) is 5.73 Å². The van der Waals surface area contributed by atoms with E-state index in [9.17, 15) is 13.6 Å². The summed E-state index contributed by atoms with van der Waals surface area (Å²) in [4.78, 5) is 18.4. The van der Waals surface area contributed by atoms with Crippen LogP contribution in [0.1, 0.15) is 40.4 Å². The molecule has 9 heteroatoms. The molecule has 2 N–H and O–H groups in total. The third-order valence-electron chi connectivity index (χ3n) is 5.41. The summed E-state index contributed by atoms with van der Waals surface area (Å²) in [5, 5.41) is 7.90. The third-order valence-corrected chi connectivity index (χ3v) is 5.41. The van der Waals surface area contributed by atoms with Crippen molar-refractivity contribution in [1.29, 1.82) is 0 Å². The van der Waals surface area contributed by atoms with Crippen molar-refractivity contribution < 1.29 is 13.6 Å². The van der Waals surface area contributed by atoms with Crippen LogP contribution in [0.3, 0.4) is 0 Å². The minimum Gasteiger partial charge on any atom is -0.364 e. The Morgan fingerprint density at radius 1 is 1.24 bits per heavy atom. The van der Waals surface area contributed by atoms with Gasteiger partial charge >= 0.3 is 0 Å². The van der Waals surface area contributed by atoms with Gasteiger partial charge in [-0.3, -0.25) is 14.4 Å². The normalized spacial score (nSPS) is 15.2. The van der Waals surface area contributed by atoms with Crippen molar-refractivity contribution in [2.75, 3.05) is 6.54 Å². The van der Waals surface area contributed by atoms with Crippen LogP contribution in [0.25, 0.3) is 11.1 Å². The second-order valence-electron chi connectivity index (χ2n) is 7.15. The van der Waals surface area contributed by atoms with Crippen LogP contribution < -0.4 is 5.73 Å². The first kappa shape index (κ1) is 19.1. The van der Waals surface area contributed by atoms with Crippen molar-refractivity contribution in [3.05, 3.63) is 64.7 Å². The van der Waals surface area contributed by atoms with Gasteiger partial charge in [-0.25, -0.2) is 13.8 Å². The minimum absolute atomic E-state index is 0.0215. The van der Waals surface area contributed by atoms with E-state index in [1.165, 1.54) is 18.2 Å². The van der Waals surface area contributed by atoms with E-state index in [1.54, 1.807) is 10.9 Å². The number of primary amides is 1. The van der Waals surface area contributed by atoms with Crippen molar-refractivity contribution in [2.45, 2.75) is 25.9 Å². The highest BCUT2D eigenvalue weighted by Crippen LogP contribution is 2.34. The lowest BCUT2D eigenvalue weighted by Crippen LogP contribution is -2.35. The first-order chi connectivity index (χ1) is 13.8. The molecular weight excluding hydrogens is 378 g/mol. The molecule has 1 aliphatic rings. The lowest BCUT2D eigenvalue weighted by atomic mass is 9.92. The number of hydrogen-bond donors (Lipinski definition) is 1. The van der Waals surface area contributed by atoms with Crippen molar-refractivity contribution in [3.63, 3.8) is 0 Å². The number of carbonyl (C=O) groups is 1. The SMILES string of the molecule is C[C@H](c1cnnn1C)N1CCc2c(-c3ccc(F)cc3F)cc(C(N)=O)nc2C1. The highest BCUT2D eigenvalue weighted by atomic mass is 19.1. The molecule has 29 heavy (non-hydrogen) atoms. The second-order valence-corrected chi connectivity index (χ2v) is 7.15. The van der Waals surface area contributed by atoms with Crippen LogP contribution in [0.2, 0.25) is 0 Å². The lowest BCUT2D eigenvalue weighted by Gasteiger charge is -2.34. The largest absolute Gasteiger partial charge is 0.364 e. The maximum Gasteiger partial charge on any atom is 0.267 e. The lowest BCUT2D eigenvalue weighted by molar-refractivity contribution is 0.0994. The Hall–Kier alpha value is -3.20. The molecule has 4 rings (SSSR count). The Morgan fingerprint density at radius 2 is 2.03 bits per heavy atom. The van der Waals surface area contributed by atoms with Gasteiger partial charge in [-0.15, -0.1) is 5.10 Å². The molecule has 150 valence electrons. The number of fused-ring (bicyclic) bond motifs is 1. The molecule has 2 aromatic heterocycles. The van der Waals surface area contributed by atoms with E-state index >= 15 is 0 Å². The Kier molecular flexibility index (Phi) is 4.83. The van der Waals surface area contributed by atoms with E-state index in [1.807, 2.05) is 14.0 Å². The molecule has 0 saturated heterocycles. The number of nitrogens with two attached hydrogens (primary N) is 1. The zero-order valence-electron chi connectivity index (χ0n) is 16.1. The van der Waals surface area contributed by atoms with E-state index in [2.05, 4.69) is 20.2 Å². The molecule has 0 aliphatic carbocycles. The van der Waals surface area contributed by atoms with Gasteiger partial charge in [0.05, 0.1) is 23.6 Å². The summed E-state index contributed by atoms with van der Waals surface area (Å²) in [7, 11) is 1.83. The van der Waals surface area contributed by atoms with Gasteiger partial charge in [0.2, 0.25) is 0 Å². The molecule has 0 radical (unpaired) electrons. The van der Waals surface area contributed by atoms with Crippen molar-refractivity contribution in [1.82, 2.24) is 24.9 Å². The van der Waals surface area contributed by atoms with Crippen LogP contribution in [-0.2, 0) is 20.0 Å². The maximum absolute atomic E-state index is 14.5. The molecule has 3 aromatic rings. The Bertz CT molecular complexity index is 1100. The number of amides is 1. The Labute approximate surface area is 166 Å². The topological polar surface area (TPSA) is 89.9 Å².